The summed E-state index contributed by atoms with van der Waals surface area (Å²) in [4.78, 5) is 38.8. The van der Waals surface area contributed by atoms with E-state index in [9.17, 15) is 14.4 Å². The van der Waals surface area contributed by atoms with Crippen LogP contribution in [0.25, 0.3) is 0 Å². The second-order valence-electron chi connectivity index (χ2n) is 6.74. The smallest absolute Gasteiger partial charge is 0.252 e. The van der Waals surface area contributed by atoms with Gasteiger partial charge in [0.05, 0.1) is 0 Å². The summed E-state index contributed by atoms with van der Waals surface area (Å²) in [7, 11) is 0. The molecule has 0 spiro atoms. The molecule has 1 heterocycles. The van der Waals surface area contributed by atoms with Crippen molar-refractivity contribution >= 4 is 17.7 Å². The number of amides is 3. The van der Waals surface area contributed by atoms with Crippen LogP contribution in [0.4, 0.5) is 0 Å². The van der Waals surface area contributed by atoms with Gasteiger partial charge in [0.15, 0.2) is 0 Å². The van der Waals surface area contributed by atoms with Gasteiger partial charge in [-0.25, -0.2) is 0 Å². The zero-order valence-corrected chi connectivity index (χ0v) is 13.6. The molecule has 1 saturated heterocycles. The van der Waals surface area contributed by atoms with E-state index in [1.54, 1.807) is 0 Å². The molecule has 0 N–H and O–H groups in total. The van der Waals surface area contributed by atoms with E-state index < -0.39 is 0 Å². The normalized spacial score (nSPS) is 25.3. The van der Waals surface area contributed by atoms with Crippen LogP contribution in [0.2, 0.25) is 0 Å². The summed E-state index contributed by atoms with van der Waals surface area (Å²) in [6, 6.07) is 0. The molecule has 1 saturated carbocycles. The Hall–Kier alpha value is -1.65. The van der Waals surface area contributed by atoms with Gasteiger partial charge in [0.2, 0.25) is 11.8 Å². The van der Waals surface area contributed by atoms with Gasteiger partial charge in [0, 0.05) is 32.5 Å². The fraction of sp³-hybridized carbons (Fsp3) is 0.706. The number of carbonyl (C=O) groups is 3. The minimum atomic E-state index is -0.333. The fourth-order valence-corrected chi connectivity index (χ4v) is 3.47. The van der Waals surface area contributed by atoms with Crippen molar-refractivity contribution in [3.63, 3.8) is 0 Å². The van der Waals surface area contributed by atoms with Crippen molar-refractivity contribution in [2.75, 3.05) is 19.6 Å². The second-order valence-corrected chi connectivity index (χ2v) is 6.74. The highest BCUT2D eigenvalue weighted by Crippen LogP contribution is 2.32. The van der Waals surface area contributed by atoms with Crippen molar-refractivity contribution in [2.24, 2.45) is 17.8 Å². The minimum absolute atomic E-state index is 0.129. The molecule has 1 aliphatic heterocycles. The highest BCUT2D eigenvalue weighted by molar-refractivity contribution is 5.99. The molecule has 5 nitrogen and oxygen atoms in total. The van der Waals surface area contributed by atoms with Crippen molar-refractivity contribution < 1.29 is 14.4 Å². The first-order chi connectivity index (χ1) is 10.4. The number of likely N-dealkylation sites (tertiary alicyclic amines) is 1. The zero-order valence-electron chi connectivity index (χ0n) is 13.6. The quantitative estimate of drug-likeness (QED) is 0.745. The van der Waals surface area contributed by atoms with Crippen LogP contribution >= 0.6 is 0 Å². The van der Waals surface area contributed by atoms with Crippen molar-refractivity contribution in [1.82, 2.24) is 9.80 Å². The molecule has 3 amide bonds. The predicted octanol–water partition coefficient (Wildman–Crippen LogP) is 1.83. The van der Waals surface area contributed by atoms with Crippen LogP contribution in [-0.2, 0) is 14.4 Å². The van der Waals surface area contributed by atoms with Crippen LogP contribution < -0.4 is 0 Å². The van der Waals surface area contributed by atoms with Gasteiger partial charge in [0.1, 0.15) is 0 Å². The van der Waals surface area contributed by atoms with E-state index in [1.807, 2.05) is 4.90 Å². The molecule has 22 heavy (non-hydrogen) atoms. The third kappa shape index (κ3) is 3.76. The topological polar surface area (TPSA) is 57.7 Å². The highest BCUT2D eigenvalue weighted by atomic mass is 16.2. The Kier molecular flexibility index (Phi) is 5.37. The van der Waals surface area contributed by atoms with Gasteiger partial charge in [-0.1, -0.05) is 13.5 Å². The van der Waals surface area contributed by atoms with E-state index in [1.165, 1.54) is 17.9 Å². The molecule has 0 unspecified atom stereocenters. The number of rotatable bonds is 4. The van der Waals surface area contributed by atoms with Crippen molar-refractivity contribution in [1.29, 1.82) is 0 Å². The molecular formula is C17H26N2O3. The molecule has 0 atom stereocenters. The molecule has 1 aliphatic carbocycles. The molecule has 0 aromatic heterocycles. The van der Waals surface area contributed by atoms with Crippen molar-refractivity contribution in [3.8, 4) is 0 Å². The van der Waals surface area contributed by atoms with Crippen LogP contribution in [0.5, 0.6) is 0 Å². The van der Waals surface area contributed by atoms with E-state index in [-0.39, 0.29) is 17.7 Å². The Morgan fingerprint density at radius 2 is 1.77 bits per heavy atom. The Labute approximate surface area is 132 Å². The molecule has 0 aromatic carbocycles. The van der Waals surface area contributed by atoms with Gasteiger partial charge in [-0.05, 0) is 43.6 Å². The highest BCUT2D eigenvalue weighted by Gasteiger charge is 2.35. The molecule has 2 fully saturated rings. The second kappa shape index (κ2) is 7.07. The fourth-order valence-electron chi connectivity index (χ4n) is 3.47. The lowest BCUT2D eigenvalue weighted by molar-refractivity contribution is -0.145. The van der Waals surface area contributed by atoms with Crippen LogP contribution in [0, 0.1) is 17.8 Å². The van der Waals surface area contributed by atoms with E-state index in [0.29, 0.717) is 24.3 Å². The molecule has 122 valence electrons. The molecule has 5 heteroatoms. The maximum atomic E-state index is 12.3. The number of carbonyl (C=O) groups excluding carboxylic acids is 3. The summed E-state index contributed by atoms with van der Waals surface area (Å²) in [6.07, 6.45) is 4.70. The molecule has 2 rings (SSSR count). The largest absolute Gasteiger partial charge is 0.342 e. The van der Waals surface area contributed by atoms with Crippen LogP contribution in [-0.4, -0.2) is 47.2 Å². The van der Waals surface area contributed by atoms with Crippen LogP contribution in [0.3, 0.4) is 0 Å². The summed E-state index contributed by atoms with van der Waals surface area (Å²) in [5, 5.41) is 0. The third-order valence-electron chi connectivity index (χ3n) is 4.83. The van der Waals surface area contributed by atoms with Gasteiger partial charge in [-0.15, -0.1) is 0 Å². The standard InChI is InChI=1S/C17H26N2O3/c1-4-16(21)19(13(3)20)11-14-5-7-15(8-6-14)17(22)18-9-12(2)10-18/h4,12,14-15H,1,5-11H2,2-3H3. The van der Waals surface area contributed by atoms with Crippen molar-refractivity contribution in [3.05, 3.63) is 12.7 Å². The Morgan fingerprint density at radius 1 is 1.18 bits per heavy atom. The van der Waals surface area contributed by atoms with Gasteiger partial charge in [-0.2, -0.15) is 0 Å². The molecule has 0 bridgehead atoms. The third-order valence-corrected chi connectivity index (χ3v) is 4.83. The number of nitrogens with zero attached hydrogens (tertiary/aromatic N) is 2. The Balaban J connectivity index is 1.81. The monoisotopic (exact) mass is 306 g/mol. The summed E-state index contributed by atoms with van der Waals surface area (Å²) in [5.41, 5.74) is 0. The number of hydrogen-bond donors (Lipinski definition) is 0. The maximum absolute atomic E-state index is 12.3. The first kappa shape index (κ1) is 16.7. The predicted molar refractivity (Wildman–Crippen MR) is 83.8 cm³/mol. The van der Waals surface area contributed by atoms with Gasteiger partial charge >= 0.3 is 0 Å². The first-order valence-electron chi connectivity index (χ1n) is 8.15. The average Bonchev–Trinajstić information content (AvgIpc) is 2.48. The molecule has 2 aliphatic rings. The average molecular weight is 306 g/mol. The summed E-state index contributed by atoms with van der Waals surface area (Å²) in [5.74, 6) is 0.784. The lowest BCUT2D eigenvalue weighted by Crippen LogP contribution is -2.51. The summed E-state index contributed by atoms with van der Waals surface area (Å²) >= 11 is 0. The lowest BCUT2D eigenvalue weighted by atomic mass is 9.80. The van der Waals surface area contributed by atoms with E-state index in [0.717, 1.165) is 38.8 Å². The molecule has 0 aromatic rings. The lowest BCUT2D eigenvalue weighted by Gasteiger charge is -2.41. The number of hydrogen-bond acceptors (Lipinski definition) is 3. The van der Waals surface area contributed by atoms with Gasteiger partial charge in [-0.3, -0.25) is 19.3 Å². The van der Waals surface area contributed by atoms with E-state index in [4.69, 9.17) is 0 Å². The Morgan fingerprint density at radius 3 is 2.23 bits per heavy atom. The van der Waals surface area contributed by atoms with Crippen LogP contribution in [0.1, 0.15) is 39.5 Å². The molecular weight excluding hydrogens is 280 g/mol. The summed E-state index contributed by atoms with van der Waals surface area (Å²) < 4.78 is 0. The van der Waals surface area contributed by atoms with E-state index in [2.05, 4.69) is 13.5 Å². The minimum Gasteiger partial charge on any atom is -0.342 e. The first-order valence-corrected chi connectivity index (χ1v) is 8.15. The van der Waals surface area contributed by atoms with Crippen molar-refractivity contribution in [2.45, 2.75) is 39.5 Å². The van der Waals surface area contributed by atoms with Crippen LogP contribution in [0.15, 0.2) is 12.7 Å². The maximum Gasteiger partial charge on any atom is 0.252 e. The van der Waals surface area contributed by atoms with E-state index >= 15 is 0 Å². The zero-order chi connectivity index (χ0) is 16.3. The number of imide groups is 1. The molecule has 0 radical (unpaired) electrons. The van der Waals surface area contributed by atoms with Gasteiger partial charge in [0.25, 0.3) is 5.91 Å². The van der Waals surface area contributed by atoms with Gasteiger partial charge < -0.3 is 4.90 Å². The summed E-state index contributed by atoms with van der Waals surface area (Å²) in [6.45, 7) is 9.24. The Bertz CT molecular complexity index is 461. The SMILES string of the molecule is C=CC(=O)N(CC1CCC(C(=O)N2CC(C)C2)CC1)C(C)=O.